The quantitative estimate of drug-likeness (QED) is 0.902. The highest BCUT2D eigenvalue weighted by molar-refractivity contribution is 5.27. The first-order valence-corrected chi connectivity index (χ1v) is 7.00. The third-order valence-corrected chi connectivity index (χ3v) is 3.92. The summed E-state index contributed by atoms with van der Waals surface area (Å²) in [4.78, 5) is 2.28. The predicted molar refractivity (Wildman–Crippen MR) is 72.8 cm³/mol. The predicted octanol–water partition coefficient (Wildman–Crippen LogP) is 3.02. The van der Waals surface area contributed by atoms with Crippen LogP contribution in [0.3, 0.4) is 0 Å². The molecule has 1 aliphatic rings. The lowest BCUT2D eigenvalue weighted by Gasteiger charge is -2.40. The number of nitrogens with zero attached hydrogens (tertiary/aromatic N) is 1. The Morgan fingerprint density at radius 2 is 2.00 bits per heavy atom. The van der Waals surface area contributed by atoms with Crippen molar-refractivity contribution in [2.45, 2.75) is 51.4 Å². The fourth-order valence-electron chi connectivity index (χ4n) is 2.81. The summed E-state index contributed by atoms with van der Waals surface area (Å²) in [7, 11) is 0. The highest BCUT2D eigenvalue weighted by Crippen LogP contribution is 2.25. The molecule has 20 heavy (non-hydrogen) atoms. The monoisotopic (exact) mass is 285 g/mol. The average Bonchev–Trinajstić information content (AvgIpc) is 2.42. The fraction of sp³-hybridized carbons (Fsp3) is 0.600. The van der Waals surface area contributed by atoms with E-state index in [9.17, 15) is 13.9 Å². The smallest absolute Gasteiger partial charge is 0.387 e. The molecule has 1 aliphatic heterocycles. The molecule has 1 fully saturated rings. The minimum Gasteiger partial charge on any atom is -0.435 e. The van der Waals surface area contributed by atoms with E-state index in [1.54, 1.807) is 24.3 Å². The lowest BCUT2D eigenvalue weighted by Crippen LogP contribution is -2.46. The maximum atomic E-state index is 12.1. The van der Waals surface area contributed by atoms with Gasteiger partial charge in [0.05, 0.1) is 6.61 Å². The second kappa shape index (κ2) is 6.99. The lowest BCUT2D eigenvalue weighted by molar-refractivity contribution is -0.0498. The van der Waals surface area contributed by atoms with Crippen LogP contribution in [0.25, 0.3) is 0 Å². The van der Waals surface area contributed by atoms with E-state index in [0.717, 1.165) is 31.4 Å². The van der Waals surface area contributed by atoms with Gasteiger partial charge in [0.25, 0.3) is 0 Å². The molecule has 0 aromatic heterocycles. The molecule has 2 rings (SSSR count). The Morgan fingerprint density at radius 1 is 1.30 bits per heavy atom. The first-order valence-electron chi connectivity index (χ1n) is 7.00. The van der Waals surface area contributed by atoms with Crippen molar-refractivity contribution < 1.29 is 18.6 Å². The van der Waals surface area contributed by atoms with Crippen LogP contribution in [-0.4, -0.2) is 35.3 Å². The minimum absolute atomic E-state index is 0.164. The maximum Gasteiger partial charge on any atom is 0.387 e. The number of ether oxygens (including phenoxy) is 1. The molecule has 112 valence electrons. The Morgan fingerprint density at radius 3 is 2.60 bits per heavy atom. The van der Waals surface area contributed by atoms with Crippen LogP contribution in [0.2, 0.25) is 0 Å². The maximum absolute atomic E-state index is 12.1. The lowest BCUT2D eigenvalue weighted by atomic mass is 9.96. The molecule has 3 nitrogen and oxygen atoms in total. The third kappa shape index (κ3) is 3.90. The summed E-state index contributed by atoms with van der Waals surface area (Å²) in [6, 6.07) is 7.34. The molecule has 2 unspecified atom stereocenters. The number of halogens is 2. The van der Waals surface area contributed by atoms with Gasteiger partial charge in [0.15, 0.2) is 0 Å². The van der Waals surface area contributed by atoms with Crippen molar-refractivity contribution in [3.8, 4) is 5.75 Å². The molecule has 0 saturated carbocycles. The summed E-state index contributed by atoms with van der Waals surface area (Å²) in [5, 5.41) is 9.46. The molecule has 1 heterocycles. The van der Waals surface area contributed by atoms with E-state index in [2.05, 4.69) is 16.6 Å². The topological polar surface area (TPSA) is 32.7 Å². The summed E-state index contributed by atoms with van der Waals surface area (Å²) in [5.74, 6) is 0.175. The largest absolute Gasteiger partial charge is 0.435 e. The van der Waals surface area contributed by atoms with Gasteiger partial charge in [-0.05, 0) is 37.5 Å². The van der Waals surface area contributed by atoms with Crippen LogP contribution in [0.15, 0.2) is 24.3 Å². The van der Waals surface area contributed by atoms with Crippen molar-refractivity contribution in [1.82, 2.24) is 4.90 Å². The number of piperidine rings is 1. The van der Waals surface area contributed by atoms with E-state index in [1.165, 1.54) is 0 Å². The van der Waals surface area contributed by atoms with Crippen LogP contribution < -0.4 is 4.74 Å². The van der Waals surface area contributed by atoms with Crippen LogP contribution >= 0.6 is 0 Å². The number of benzene rings is 1. The van der Waals surface area contributed by atoms with E-state index >= 15 is 0 Å². The Kier molecular flexibility index (Phi) is 5.31. The van der Waals surface area contributed by atoms with Crippen molar-refractivity contribution in [3.05, 3.63) is 29.8 Å². The van der Waals surface area contributed by atoms with E-state index in [1.807, 2.05) is 0 Å². The van der Waals surface area contributed by atoms with Crippen LogP contribution in [0.4, 0.5) is 8.78 Å². The SMILES string of the molecule is CC1CCCC(CO)N1Cc1ccc(OC(F)F)cc1. The molecule has 0 radical (unpaired) electrons. The van der Waals surface area contributed by atoms with Gasteiger partial charge in [-0.25, -0.2) is 0 Å². The number of aliphatic hydroxyl groups is 1. The summed E-state index contributed by atoms with van der Waals surface area (Å²) < 4.78 is 28.5. The number of aliphatic hydroxyl groups excluding tert-OH is 1. The van der Waals surface area contributed by atoms with Gasteiger partial charge in [0, 0.05) is 18.6 Å². The van der Waals surface area contributed by atoms with Crippen molar-refractivity contribution in [2.24, 2.45) is 0 Å². The van der Waals surface area contributed by atoms with Gasteiger partial charge in [0.2, 0.25) is 0 Å². The minimum atomic E-state index is -2.79. The van der Waals surface area contributed by atoms with Crippen LogP contribution in [-0.2, 0) is 6.54 Å². The first kappa shape index (κ1) is 15.2. The molecule has 1 aromatic rings. The Bertz CT molecular complexity index is 411. The molecule has 0 aliphatic carbocycles. The average molecular weight is 285 g/mol. The molecular formula is C15H21F2NO2. The second-order valence-corrected chi connectivity index (χ2v) is 5.31. The molecule has 0 amide bonds. The zero-order valence-corrected chi connectivity index (χ0v) is 11.6. The third-order valence-electron chi connectivity index (χ3n) is 3.92. The number of alkyl halides is 2. The van der Waals surface area contributed by atoms with Crippen LogP contribution in [0, 0.1) is 0 Å². The van der Waals surface area contributed by atoms with Gasteiger partial charge >= 0.3 is 6.61 Å². The van der Waals surface area contributed by atoms with Crippen LogP contribution in [0.5, 0.6) is 5.75 Å². The first-order chi connectivity index (χ1) is 9.60. The molecular weight excluding hydrogens is 264 g/mol. The second-order valence-electron chi connectivity index (χ2n) is 5.31. The molecule has 0 spiro atoms. The van der Waals surface area contributed by atoms with Crippen molar-refractivity contribution in [3.63, 3.8) is 0 Å². The Hall–Kier alpha value is -1.20. The Labute approximate surface area is 118 Å². The summed E-state index contributed by atoms with van der Waals surface area (Å²) >= 11 is 0. The number of hydrogen-bond donors (Lipinski definition) is 1. The fourth-order valence-corrected chi connectivity index (χ4v) is 2.81. The molecule has 1 aromatic carbocycles. The molecule has 5 heteroatoms. The molecule has 0 bridgehead atoms. The number of rotatable bonds is 5. The standard InChI is InChI=1S/C15H21F2NO2/c1-11-3-2-4-13(10-19)18(11)9-12-5-7-14(8-6-12)20-15(16)17/h5-8,11,13,15,19H,2-4,9-10H2,1H3. The summed E-state index contributed by atoms with van der Waals surface area (Å²) in [6.45, 7) is 0.260. The van der Waals surface area contributed by atoms with Gasteiger partial charge in [-0.2, -0.15) is 8.78 Å². The zero-order chi connectivity index (χ0) is 14.5. The van der Waals surface area contributed by atoms with E-state index in [-0.39, 0.29) is 18.4 Å². The van der Waals surface area contributed by atoms with Crippen LogP contribution in [0.1, 0.15) is 31.7 Å². The zero-order valence-electron chi connectivity index (χ0n) is 11.6. The highest BCUT2D eigenvalue weighted by atomic mass is 19.3. The highest BCUT2D eigenvalue weighted by Gasteiger charge is 2.27. The van der Waals surface area contributed by atoms with Gasteiger partial charge in [-0.15, -0.1) is 0 Å². The molecule has 1 N–H and O–H groups in total. The number of hydrogen-bond acceptors (Lipinski definition) is 3. The van der Waals surface area contributed by atoms with Crippen molar-refractivity contribution >= 4 is 0 Å². The van der Waals surface area contributed by atoms with E-state index < -0.39 is 6.61 Å². The normalized spacial score (nSPS) is 24.1. The summed E-state index contributed by atoms with van der Waals surface area (Å²) in [6.07, 6.45) is 3.28. The Balaban J connectivity index is 2.00. The summed E-state index contributed by atoms with van der Waals surface area (Å²) in [5.41, 5.74) is 1.04. The van der Waals surface area contributed by atoms with Crippen molar-refractivity contribution in [1.29, 1.82) is 0 Å². The van der Waals surface area contributed by atoms with Crippen molar-refractivity contribution in [2.75, 3.05) is 6.61 Å². The number of likely N-dealkylation sites (tertiary alicyclic amines) is 1. The molecule has 2 atom stereocenters. The van der Waals surface area contributed by atoms with Gasteiger partial charge < -0.3 is 9.84 Å². The van der Waals surface area contributed by atoms with Gasteiger partial charge in [-0.3, -0.25) is 4.90 Å². The van der Waals surface area contributed by atoms with Gasteiger partial charge in [0.1, 0.15) is 5.75 Å². The van der Waals surface area contributed by atoms with E-state index in [0.29, 0.717) is 6.04 Å². The molecule has 1 saturated heterocycles. The van der Waals surface area contributed by atoms with Gasteiger partial charge in [-0.1, -0.05) is 18.6 Å². The van der Waals surface area contributed by atoms with E-state index in [4.69, 9.17) is 0 Å².